The van der Waals surface area contributed by atoms with Gasteiger partial charge in [0.1, 0.15) is 5.84 Å². The average molecular weight is 212 g/mol. The lowest BCUT2D eigenvalue weighted by Crippen LogP contribution is -2.13. The molecule has 0 atom stereocenters. The van der Waals surface area contributed by atoms with Crippen molar-refractivity contribution in [2.45, 2.75) is 12.8 Å². The smallest absolute Gasteiger partial charge is 0.125 e. The van der Waals surface area contributed by atoms with E-state index in [2.05, 4.69) is 23.2 Å². The van der Waals surface area contributed by atoms with Crippen molar-refractivity contribution in [2.75, 3.05) is 6.54 Å². The molecular weight excluding hydrogens is 196 g/mol. The number of aliphatic imine (C=N–C) groups is 1. The van der Waals surface area contributed by atoms with Crippen molar-refractivity contribution in [2.24, 2.45) is 10.7 Å². The molecule has 0 fully saturated rings. The predicted molar refractivity (Wildman–Crippen MR) is 68.5 cm³/mol. The summed E-state index contributed by atoms with van der Waals surface area (Å²) in [4.78, 5) is 4.38. The summed E-state index contributed by atoms with van der Waals surface area (Å²) in [7, 11) is 0. The molecule has 0 spiro atoms. The maximum atomic E-state index is 5.89. The van der Waals surface area contributed by atoms with Crippen molar-refractivity contribution in [3.8, 4) is 0 Å². The largest absolute Gasteiger partial charge is 0.384 e. The van der Waals surface area contributed by atoms with Gasteiger partial charge in [-0.05, 0) is 12.8 Å². The molecule has 0 saturated heterocycles. The number of rotatable bonds is 4. The molecule has 16 heavy (non-hydrogen) atoms. The zero-order chi connectivity index (χ0) is 11.2. The van der Waals surface area contributed by atoms with E-state index in [9.17, 15) is 0 Å². The highest BCUT2D eigenvalue weighted by Crippen LogP contribution is 2.13. The first-order valence-electron chi connectivity index (χ1n) is 5.56. The van der Waals surface area contributed by atoms with Crippen LogP contribution in [0.1, 0.15) is 18.4 Å². The Morgan fingerprint density at radius 2 is 2.06 bits per heavy atom. The molecule has 0 aliphatic heterocycles. The van der Waals surface area contributed by atoms with Crippen LogP contribution in [0, 0.1) is 0 Å². The molecule has 0 unspecified atom stereocenters. The van der Waals surface area contributed by atoms with Crippen LogP contribution in [-0.4, -0.2) is 12.4 Å². The second-order valence-electron chi connectivity index (χ2n) is 3.84. The molecule has 1 aromatic carbocycles. The Bertz CT molecular complexity index is 427. The highest BCUT2D eigenvalue weighted by Gasteiger charge is 1.99. The monoisotopic (exact) mass is 212 g/mol. The molecule has 2 N–H and O–H groups in total. The van der Waals surface area contributed by atoms with Crippen LogP contribution in [0.4, 0.5) is 0 Å². The summed E-state index contributed by atoms with van der Waals surface area (Å²) < 4.78 is 0. The van der Waals surface area contributed by atoms with Crippen LogP contribution in [0.3, 0.4) is 0 Å². The molecule has 0 saturated carbocycles. The minimum absolute atomic E-state index is 0.632. The highest BCUT2D eigenvalue weighted by molar-refractivity contribution is 5.97. The SMILES string of the molecule is NC(=NCCC1=CC=CC1)c1ccccc1. The third-order valence-electron chi connectivity index (χ3n) is 2.63. The van der Waals surface area contributed by atoms with Gasteiger partial charge in [0.05, 0.1) is 0 Å². The van der Waals surface area contributed by atoms with Crippen LogP contribution in [0.5, 0.6) is 0 Å². The molecule has 2 rings (SSSR count). The maximum absolute atomic E-state index is 5.89. The average Bonchev–Trinajstić information content (AvgIpc) is 2.83. The van der Waals surface area contributed by atoms with Crippen molar-refractivity contribution in [3.05, 3.63) is 59.7 Å². The lowest BCUT2D eigenvalue weighted by Gasteiger charge is -2.01. The maximum Gasteiger partial charge on any atom is 0.125 e. The Hall–Kier alpha value is -1.83. The quantitative estimate of drug-likeness (QED) is 0.604. The zero-order valence-corrected chi connectivity index (χ0v) is 9.26. The van der Waals surface area contributed by atoms with Gasteiger partial charge in [0.25, 0.3) is 0 Å². The highest BCUT2D eigenvalue weighted by atomic mass is 14.8. The summed E-state index contributed by atoms with van der Waals surface area (Å²) in [5.74, 6) is 0.632. The fraction of sp³-hybridized carbons (Fsp3) is 0.214. The normalized spacial score (nSPS) is 15.2. The first-order chi connectivity index (χ1) is 7.86. The molecule has 0 bridgehead atoms. The van der Waals surface area contributed by atoms with E-state index in [-0.39, 0.29) is 0 Å². The van der Waals surface area contributed by atoms with Crippen molar-refractivity contribution in [3.63, 3.8) is 0 Å². The summed E-state index contributed by atoms with van der Waals surface area (Å²) >= 11 is 0. The van der Waals surface area contributed by atoms with E-state index in [4.69, 9.17) is 5.73 Å². The number of amidine groups is 1. The van der Waals surface area contributed by atoms with E-state index in [0.717, 1.165) is 24.9 Å². The van der Waals surface area contributed by atoms with Gasteiger partial charge < -0.3 is 5.73 Å². The van der Waals surface area contributed by atoms with E-state index in [1.165, 1.54) is 5.57 Å². The third kappa shape index (κ3) is 2.83. The number of nitrogens with zero attached hydrogens (tertiary/aromatic N) is 1. The summed E-state index contributed by atoms with van der Waals surface area (Å²) in [5, 5.41) is 0. The van der Waals surface area contributed by atoms with Crippen molar-refractivity contribution in [1.82, 2.24) is 0 Å². The Morgan fingerprint density at radius 1 is 1.25 bits per heavy atom. The number of hydrogen-bond acceptors (Lipinski definition) is 1. The summed E-state index contributed by atoms with van der Waals surface area (Å²) in [5.41, 5.74) is 8.33. The summed E-state index contributed by atoms with van der Waals surface area (Å²) in [6.07, 6.45) is 8.49. The molecule has 2 nitrogen and oxygen atoms in total. The first kappa shape index (κ1) is 10.7. The number of allylic oxidation sites excluding steroid dienone is 3. The Kier molecular flexibility index (Phi) is 3.54. The van der Waals surface area contributed by atoms with E-state index in [1.807, 2.05) is 30.3 Å². The van der Waals surface area contributed by atoms with E-state index in [1.54, 1.807) is 0 Å². The van der Waals surface area contributed by atoms with Crippen LogP contribution in [0.25, 0.3) is 0 Å². The van der Waals surface area contributed by atoms with Crippen LogP contribution >= 0.6 is 0 Å². The molecule has 2 heteroatoms. The minimum Gasteiger partial charge on any atom is -0.384 e. The molecule has 1 aliphatic carbocycles. The lowest BCUT2D eigenvalue weighted by molar-refractivity contribution is 0.927. The van der Waals surface area contributed by atoms with Gasteiger partial charge in [0.15, 0.2) is 0 Å². The molecule has 1 aromatic rings. The van der Waals surface area contributed by atoms with E-state index in [0.29, 0.717) is 5.84 Å². The van der Waals surface area contributed by atoms with Crippen molar-refractivity contribution < 1.29 is 0 Å². The molecule has 0 heterocycles. The van der Waals surface area contributed by atoms with Gasteiger partial charge in [-0.2, -0.15) is 0 Å². The number of benzene rings is 1. The first-order valence-corrected chi connectivity index (χ1v) is 5.56. The standard InChI is InChI=1S/C14H16N2/c15-14(13-8-2-1-3-9-13)16-11-10-12-6-4-5-7-12/h1-6,8-9H,7,10-11H2,(H2,15,16). The fourth-order valence-electron chi connectivity index (χ4n) is 1.70. The zero-order valence-electron chi connectivity index (χ0n) is 9.26. The van der Waals surface area contributed by atoms with Gasteiger partial charge in [0, 0.05) is 12.1 Å². The molecule has 0 aromatic heterocycles. The van der Waals surface area contributed by atoms with Gasteiger partial charge >= 0.3 is 0 Å². The van der Waals surface area contributed by atoms with Crippen LogP contribution in [0.2, 0.25) is 0 Å². The van der Waals surface area contributed by atoms with Crippen LogP contribution in [-0.2, 0) is 0 Å². The van der Waals surface area contributed by atoms with Crippen molar-refractivity contribution >= 4 is 5.84 Å². The lowest BCUT2D eigenvalue weighted by atomic mass is 10.1. The number of nitrogens with two attached hydrogens (primary N) is 1. The predicted octanol–water partition coefficient (Wildman–Crippen LogP) is 2.67. The molecule has 1 aliphatic rings. The number of hydrogen-bond donors (Lipinski definition) is 1. The molecule has 0 radical (unpaired) electrons. The topological polar surface area (TPSA) is 38.4 Å². The Labute approximate surface area is 96.2 Å². The summed E-state index contributed by atoms with van der Waals surface area (Å²) in [6.45, 7) is 0.772. The Balaban J connectivity index is 1.88. The Morgan fingerprint density at radius 3 is 2.75 bits per heavy atom. The molecule has 82 valence electrons. The van der Waals surface area contributed by atoms with E-state index < -0.39 is 0 Å². The van der Waals surface area contributed by atoms with Gasteiger partial charge in [-0.3, -0.25) is 4.99 Å². The van der Waals surface area contributed by atoms with Crippen LogP contribution in [0.15, 0.2) is 59.1 Å². The van der Waals surface area contributed by atoms with Crippen LogP contribution < -0.4 is 5.73 Å². The third-order valence-corrected chi connectivity index (χ3v) is 2.63. The second kappa shape index (κ2) is 5.31. The van der Waals surface area contributed by atoms with Crippen molar-refractivity contribution in [1.29, 1.82) is 0 Å². The van der Waals surface area contributed by atoms with E-state index >= 15 is 0 Å². The van der Waals surface area contributed by atoms with Gasteiger partial charge in [0.2, 0.25) is 0 Å². The fourth-order valence-corrected chi connectivity index (χ4v) is 1.70. The second-order valence-corrected chi connectivity index (χ2v) is 3.84. The summed E-state index contributed by atoms with van der Waals surface area (Å²) in [6, 6.07) is 9.89. The van der Waals surface area contributed by atoms with Gasteiger partial charge in [-0.1, -0.05) is 54.1 Å². The molecular formula is C14H16N2. The van der Waals surface area contributed by atoms with Gasteiger partial charge in [-0.25, -0.2) is 0 Å². The van der Waals surface area contributed by atoms with Gasteiger partial charge in [-0.15, -0.1) is 0 Å². The molecule has 0 amide bonds. The minimum atomic E-state index is 0.632.